The predicted octanol–water partition coefficient (Wildman–Crippen LogP) is 1.79. The Morgan fingerprint density at radius 1 is 1.18 bits per heavy atom. The molecule has 1 aromatic rings. The van der Waals surface area contributed by atoms with Crippen molar-refractivity contribution in [1.82, 2.24) is 4.31 Å². The summed E-state index contributed by atoms with van der Waals surface area (Å²) in [7, 11) is -0.595. The lowest BCUT2D eigenvalue weighted by molar-refractivity contribution is -0.121. The lowest BCUT2D eigenvalue weighted by Crippen LogP contribution is -2.36. The van der Waals surface area contributed by atoms with Crippen molar-refractivity contribution in [3.05, 3.63) is 41.3 Å². The van der Waals surface area contributed by atoms with E-state index in [1.165, 1.54) is 32.4 Å². The molecule has 0 saturated carbocycles. The highest BCUT2D eigenvalue weighted by atomic mass is 32.2. The second-order valence-electron chi connectivity index (χ2n) is 4.60. The van der Waals surface area contributed by atoms with Crippen LogP contribution in [0.2, 0.25) is 0 Å². The summed E-state index contributed by atoms with van der Waals surface area (Å²) in [5.74, 6) is 0.589. The lowest BCUT2D eigenvalue weighted by Gasteiger charge is -2.21. The number of ether oxygens (including phenoxy) is 2. The largest absolute Gasteiger partial charge is 0.497 e. The van der Waals surface area contributed by atoms with Gasteiger partial charge in [0.25, 0.3) is 15.9 Å². The molecule has 0 atom stereocenters. The minimum atomic E-state index is -3.65. The smallest absolute Gasteiger partial charge is 0.260 e. The molecule has 0 spiro atoms. The summed E-state index contributed by atoms with van der Waals surface area (Å²) in [6.45, 7) is 0.156. The van der Waals surface area contributed by atoms with Gasteiger partial charge >= 0.3 is 0 Å². The first-order valence-corrected chi connectivity index (χ1v) is 8.11. The van der Waals surface area contributed by atoms with Gasteiger partial charge in [-0.15, -0.1) is 0 Å². The Balaban J connectivity index is 2.21. The van der Waals surface area contributed by atoms with Crippen molar-refractivity contribution in [3.8, 4) is 11.5 Å². The van der Waals surface area contributed by atoms with Crippen LogP contribution < -0.4 is 9.47 Å². The molecule has 1 heterocycles. The van der Waals surface area contributed by atoms with Crippen molar-refractivity contribution >= 4 is 22.0 Å². The molecule has 0 N–H and O–H groups in total. The van der Waals surface area contributed by atoms with Gasteiger partial charge in [0.15, 0.2) is 0 Å². The molecule has 22 heavy (non-hydrogen) atoms. The van der Waals surface area contributed by atoms with E-state index in [9.17, 15) is 13.2 Å². The van der Waals surface area contributed by atoms with E-state index in [0.717, 1.165) is 9.71 Å². The summed E-state index contributed by atoms with van der Waals surface area (Å²) in [6.07, 6.45) is 4.81. The molecule has 1 aliphatic heterocycles. The van der Waals surface area contributed by atoms with E-state index < -0.39 is 15.9 Å². The molecule has 0 saturated heterocycles. The van der Waals surface area contributed by atoms with Crippen LogP contribution >= 0.6 is 0 Å². The van der Waals surface area contributed by atoms with Crippen molar-refractivity contribution in [2.45, 2.75) is 6.42 Å². The molecule has 1 aromatic carbocycles. The Morgan fingerprint density at radius 3 is 2.36 bits per heavy atom. The van der Waals surface area contributed by atoms with Crippen LogP contribution in [0.4, 0.5) is 0 Å². The molecule has 0 aliphatic carbocycles. The van der Waals surface area contributed by atoms with Gasteiger partial charge in [-0.2, -0.15) is 0 Å². The van der Waals surface area contributed by atoms with Crippen LogP contribution in [0.5, 0.6) is 11.5 Å². The fourth-order valence-corrected chi connectivity index (χ4v) is 3.19. The minimum absolute atomic E-state index is 0.156. The lowest BCUT2D eigenvalue weighted by atomic mass is 10.2. The molecule has 7 heteroatoms. The number of hydrogen-bond donors (Lipinski definition) is 0. The molecule has 0 radical (unpaired) electrons. The molecule has 118 valence electrons. The van der Waals surface area contributed by atoms with Gasteiger partial charge in [0, 0.05) is 24.1 Å². The number of carbonyl (C=O) groups is 1. The van der Waals surface area contributed by atoms with Gasteiger partial charge < -0.3 is 9.47 Å². The van der Waals surface area contributed by atoms with Crippen LogP contribution in [0.25, 0.3) is 6.08 Å². The van der Waals surface area contributed by atoms with Crippen LogP contribution in [-0.4, -0.2) is 39.4 Å². The highest BCUT2D eigenvalue weighted by molar-refractivity contribution is 7.92. The van der Waals surface area contributed by atoms with Crippen LogP contribution in [0.3, 0.4) is 0 Å². The maximum atomic E-state index is 12.1. The fraction of sp³-hybridized carbons (Fsp3) is 0.267. The van der Waals surface area contributed by atoms with Crippen LogP contribution in [0.1, 0.15) is 12.0 Å². The summed E-state index contributed by atoms with van der Waals surface area (Å²) in [5.41, 5.74) is 0.675. The Morgan fingerprint density at radius 2 is 1.82 bits per heavy atom. The van der Waals surface area contributed by atoms with Crippen LogP contribution in [-0.2, 0) is 14.8 Å². The third kappa shape index (κ3) is 3.67. The van der Waals surface area contributed by atoms with E-state index in [1.807, 2.05) is 0 Å². The summed E-state index contributed by atoms with van der Waals surface area (Å²) < 4.78 is 34.7. The van der Waals surface area contributed by atoms with Crippen molar-refractivity contribution in [2.75, 3.05) is 20.8 Å². The average Bonchev–Trinajstić information content (AvgIpc) is 2.51. The quantitative estimate of drug-likeness (QED) is 0.790. The number of rotatable bonds is 4. The zero-order valence-electron chi connectivity index (χ0n) is 12.4. The monoisotopic (exact) mass is 323 g/mol. The van der Waals surface area contributed by atoms with E-state index in [-0.39, 0.29) is 6.54 Å². The van der Waals surface area contributed by atoms with Gasteiger partial charge in [-0.1, -0.05) is 6.08 Å². The number of amides is 1. The van der Waals surface area contributed by atoms with Gasteiger partial charge in [-0.05, 0) is 30.2 Å². The number of hydrogen-bond acceptors (Lipinski definition) is 5. The maximum Gasteiger partial charge on any atom is 0.260 e. The molecule has 0 bridgehead atoms. The van der Waals surface area contributed by atoms with E-state index in [1.54, 1.807) is 18.2 Å². The Kier molecular flexibility index (Phi) is 4.87. The van der Waals surface area contributed by atoms with Crippen molar-refractivity contribution < 1.29 is 22.7 Å². The predicted molar refractivity (Wildman–Crippen MR) is 83.0 cm³/mol. The SMILES string of the molecule is COc1cc(/C=C/C(=O)N2CCC=CS2(=O)=O)cc(OC)c1. The summed E-state index contributed by atoms with van der Waals surface area (Å²) >= 11 is 0. The van der Waals surface area contributed by atoms with E-state index in [4.69, 9.17) is 9.47 Å². The third-order valence-corrected chi connectivity index (χ3v) is 4.63. The summed E-state index contributed by atoms with van der Waals surface area (Å²) in [5, 5.41) is 1.05. The topological polar surface area (TPSA) is 72.9 Å². The highest BCUT2D eigenvalue weighted by Crippen LogP contribution is 2.23. The van der Waals surface area contributed by atoms with Gasteiger partial charge in [0.05, 0.1) is 14.2 Å². The van der Waals surface area contributed by atoms with Gasteiger partial charge in [-0.3, -0.25) is 4.79 Å². The van der Waals surface area contributed by atoms with Crippen LogP contribution in [0, 0.1) is 0 Å². The maximum absolute atomic E-state index is 12.1. The molecule has 6 nitrogen and oxygen atoms in total. The van der Waals surface area contributed by atoms with E-state index >= 15 is 0 Å². The zero-order valence-corrected chi connectivity index (χ0v) is 13.2. The van der Waals surface area contributed by atoms with Crippen molar-refractivity contribution in [3.63, 3.8) is 0 Å². The molecule has 0 unspecified atom stereocenters. The number of sulfonamides is 1. The first-order chi connectivity index (χ1) is 10.5. The summed E-state index contributed by atoms with van der Waals surface area (Å²) in [4.78, 5) is 12.1. The normalized spacial score (nSPS) is 16.7. The fourth-order valence-electron chi connectivity index (χ4n) is 1.99. The van der Waals surface area contributed by atoms with Crippen LogP contribution in [0.15, 0.2) is 35.8 Å². The third-order valence-electron chi connectivity index (χ3n) is 3.11. The van der Waals surface area contributed by atoms with Crippen molar-refractivity contribution in [1.29, 1.82) is 0 Å². The van der Waals surface area contributed by atoms with Gasteiger partial charge in [-0.25, -0.2) is 12.7 Å². The molecular weight excluding hydrogens is 306 g/mol. The minimum Gasteiger partial charge on any atom is -0.497 e. The first-order valence-electron chi connectivity index (χ1n) is 6.60. The van der Waals surface area contributed by atoms with E-state index in [2.05, 4.69) is 0 Å². The zero-order chi connectivity index (χ0) is 16.2. The second-order valence-corrected chi connectivity index (χ2v) is 6.34. The molecule has 0 aromatic heterocycles. The number of carbonyl (C=O) groups excluding carboxylic acids is 1. The Hall–Kier alpha value is -2.28. The van der Waals surface area contributed by atoms with Gasteiger partial charge in [0.1, 0.15) is 11.5 Å². The first kappa shape index (κ1) is 16.1. The number of methoxy groups -OCH3 is 2. The number of nitrogens with zero attached hydrogens (tertiary/aromatic N) is 1. The van der Waals surface area contributed by atoms with E-state index in [0.29, 0.717) is 23.5 Å². The molecular formula is C15H17NO5S. The Labute approximate surface area is 129 Å². The standard InChI is InChI=1S/C15H17NO5S/c1-20-13-9-12(10-14(11-13)21-2)5-6-15(17)16-7-3-4-8-22(16,18)19/h4-6,8-11H,3,7H2,1-2H3/b6-5+. The van der Waals surface area contributed by atoms with Gasteiger partial charge in [0.2, 0.25) is 0 Å². The number of benzene rings is 1. The second kappa shape index (κ2) is 6.65. The molecule has 1 amide bonds. The molecule has 1 aliphatic rings. The summed E-state index contributed by atoms with van der Waals surface area (Å²) in [6, 6.07) is 5.15. The average molecular weight is 323 g/mol. The highest BCUT2D eigenvalue weighted by Gasteiger charge is 2.25. The van der Waals surface area contributed by atoms with Crippen molar-refractivity contribution in [2.24, 2.45) is 0 Å². The molecule has 0 fully saturated rings. The Bertz CT molecular complexity index is 699. The molecule has 2 rings (SSSR count).